The van der Waals surface area contributed by atoms with Crippen molar-refractivity contribution >= 4 is 22.6 Å². The molecule has 4 rings (SSSR count). The van der Waals surface area contributed by atoms with Gasteiger partial charge in [-0.2, -0.15) is 0 Å². The lowest BCUT2D eigenvalue weighted by atomic mass is 10.0. The first-order valence-corrected chi connectivity index (χ1v) is 9.73. The second-order valence-corrected chi connectivity index (χ2v) is 7.45. The van der Waals surface area contributed by atoms with Crippen molar-refractivity contribution in [2.75, 3.05) is 25.1 Å². The molecule has 4 heterocycles. The Morgan fingerprint density at radius 1 is 1.43 bits per heavy atom. The number of amides is 1. The standard InChI is InChI=1S/C22H24N4O4/c1-13(27)11-30-16-6-19(15-4-5-29-12-15)25-20(7-16)18-10-26(3)21-9-23-22(8-17(18)21)24-14(2)28/h6-10,15,27H,1,4-5,11-12H2,2-3H3,(H,23,24,28). The van der Waals surface area contributed by atoms with Crippen LogP contribution in [0, 0.1) is 0 Å². The summed E-state index contributed by atoms with van der Waals surface area (Å²) < 4.78 is 13.2. The van der Waals surface area contributed by atoms with E-state index >= 15 is 0 Å². The number of anilines is 1. The number of carbonyl (C=O) groups excluding carboxylic acids is 1. The predicted octanol–water partition coefficient (Wildman–Crippen LogP) is 3.55. The van der Waals surface area contributed by atoms with E-state index in [4.69, 9.17) is 14.5 Å². The van der Waals surface area contributed by atoms with E-state index in [-0.39, 0.29) is 24.2 Å². The van der Waals surface area contributed by atoms with Crippen molar-refractivity contribution in [2.45, 2.75) is 19.3 Å². The van der Waals surface area contributed by atoms with Gasteiger partial charge in [-0.25, -0.2) is 4.98 Å². The van der Waals surface area contributed by atoms with Gasteiger partial charge < -0.3 is 24.5 Å². The van der Waals surface area contributed by atoms with Crippen molar-refractivity contribution in [2.24, 2.45) is 7.05 Å². The van der Waals surface area contributed by atoms with Gasteiger partial charge in [0.1, 0.15) is 23.9 Å². The first-order valence-electron chi connectivity index (χ1n) is 9.73. The van der Waals surface area contributed by atoms with E-state index < -0.39 is 0 Å². The minimum Gasteiger partial charge on any atom is -0.509 e. The largest absolute Gasteiger partial charge is 0.509 e. The molecule has 156 valence electrons. The normalized spacial score (nSPS) is 16.0. The van der Waals surface area contributed by atoms with E-state index in [1.54, 1.807) is 6.20 Å². The van der Waals surface area contributed by atoms with Gasteiger partial charge in [0, 0.05) is 55.8 Å². The van der Waals surface area contributed by atoms with Gasteiger partial charge >= 0.3 is 0 Å². The second-order valence-electron chi connectivity index (χ2n) is 7.45. The molecule has 0 aliphatic carbocycles. The van der Waals surface area contributed by atoms with Crippen molar-refractivity contribution in [3.05, 3.63) is 48.6 Å². The molecule has 0 radical (unpaired) electrons. The van der Waals surface area contributed by atoms with E-state index in [9.17, 15) is 9.90 Å². The second kappa shape index (κ2) is 8.16. The summed E-state index contributed by atoms with van der Waals surface area (Å²) in [4.78, 5) is 20.7. The van der Waals surface area contributed by atoms with Crippen LogP contribution in [0.15, 0.2) is 42.9 Å². The predicted molar refractivity (Wildman–Crippen MR) is 114 cm³/mol. The highest BCUT2D eigenvalue weighted by molar-refractivity contribution is 5.98. The highest BCUT2D eigenvalue weighted by Crippen LogP contribution is 2.35. The zero-order valence-electron chi connectivity index (χ0n) is 17.0. The Morgan fingerprint density at radius 2 is 2.27 bits per heavy atom. The monoisotopic (exact) mass is 408 g/mol. The van der Waals surface area contributed by atoms with Gasteiger partial charge in [0.25, 0.3) is 0 Å². The molecule has 3 aromatic heterocycles. The maximum absolute atomic E-state index is 11.4. The summed E-state index contributed by atoms with van der Waals surface area (Å²) in [6.07, 6.45) is 4.61. The molecule has 1 atom stereocenters. The molecule has 1 saturated heterocycles. The average Bonchev–Trinajstić information content (AvgIpc) is 3.34. The van der Waals surface area contributed by atoms with Gasteiger partial charge in [-0.15, -0.1) is 0 Å². The van der Waals surface area contributed by atoms with E-state index in [1.807, 2.05) is 36.0 Å². The first kappa shape index (κ1) is 19.9. The highest BCUT2D eigenvalue weighted by Gasteiger charge is 2.22. The van der Waals surface area contributed by atoms with Gasteiger partial charge in [0.15, 0.2) is 0 Å². The fourth-order valence-electron chi connectivity index (χ4n) is 3.62. The average molecular weight is 408 g/mol. The van der Waals surface area contributed by atoms with Gasteiger partial charge in [-0.1, -0.05) is 6.58 Å². The molecule has 0 spiro atoms. The van der Waals surface area contributed by atoms with Crippen molar-refractivity contribution in [3.8, 4) is 17.0 Å². The molecule has 8 heteroatoms. The number of aromatic nitrogens is 3. The number of aliphatic hydroxyl groups excluding tert-OH is 1. The van der Waals surface area contributed by atoms with Crippen molar-refractivity contribution in [1.82, 2.24) is 14.5 Å². The summed E-state index contributed by atoms with van der Waals surface area (Å²) in [6.45, 7) is 6.27. The van der Waals surface area contributed by atoms with E-state index in [0.29, 0.717) is 24.8 Å². The van der Waals surface area contributed by atoms with Gasteiger partial charge in [-0.05, 0) is 12.5 Å². The summed E-state index contributed by atoms with van der Waals surface area (Å²) in [5.74, 6) is 1.05. The third-order valence-corrected chi connectivity index (χ3v) is 5.03. The Hall–Kier alpha value is -3.39. The Balaban J connectivity index is 1.82. The number of nitrogens with one attached hydrogen (secondary N) is 1. The Labute approximate surface area is 174 Å². The summed E-state index contributed by atoms with van der Waals surface area (Å²) in [6, 6.07) is 5.58. The van der Waals surface area contributed by atoms with Crippen LogP contribution in [0.3, 0.4) is 0 Å². The maximum Gasteiger partial charge on any atom is 0.222 e. The molecule has 1 aliphatic heterocycles. The molecule has 2 N–H and O–H groups in total. The van der Waals surface area contributed by atoms with Crippen LogP contribution < -0.4 is 10.1 Å². The number of ether oxygens (including phenoxy) is 2. The molecule has 3 aromatic rings. The number of hydrogen-bond acceptors (Lipinski definition) is 6. The quantitative estimate of drug-likeness (QED) is 0.605. The van der Waals surface area contributed by atoms with Gasteiger partial charge in [0.05, 0.1) is 29.7 Å². The molecule has 1 amide bonds. The number of fused-ring (bicyclic) bond motifs is 1. The Morgan fingerprint density at radius 3 is 2.97 bits per heavy atom. The molecule has 0 saturated carbocycles. The van der Waals surface area contributed by atoms with Crippen molar-refractivity contribution in [3.63, 3.8) is 0 Å². The Bertz CT molecular complexity index is 1120. The molecular formula is C22H24N4O4. The number of aryl methyl sites for hydroxylation is 1. The van der Waals surface area contributed by atoms with Crippen molar-refractivity contribution < 1.29 is 19.4 Å². The van der Waals surface area contributed by atoms with Crippen LogP contribution in [0.1, 0.15) is 25.0 Å². The summed E-state index contributed by atoms with van der Waals surface area (Å²) in [5, 5.41) is 13.1. The van der Waals surface area contributed by atoms with E-state index in [0.717, 1.165) is 34.3 Å². The number of rotatable bonds is 6. The number of carbonyl (C=O) groups is 1. The summed E-state index contributed by atoms with van der Waals surface area (Å²) in [5.41, 5.74) is 3.44. The zero-order chi connectivity index (χ0) is 21.3. The lowest BCUT2D eigenvalue weighted by Crippen LogP contribution is -2.07. The van der Waals surface area contributed by atoms with E-state index in [2.05, 4.69) is 16.9 Å². The maximum atomic E-state index is 11.4. The smallest absolute Gasteiger partial charge is 0.222 e. The van der Waals surface area contributed by atoms with Crippen LogP contribution in [0.5, 0.6) is 5.75 Å². The third kappa shape index (κ3) is 4.13. The SMILES string of the molecule is C=C(O)COc1cc(-c2cn(C)c3cnc(NC(C)=O)cc23)nc(C2CCOC2)c1. The molecule has 0 aromatic carbocycles. The van der Waals surface area contributed by atoms with Crippen molar-refractivity contribution in [1.29, 1.82) is 0 Å². The number of hydrogen-bond donors (Lipinski definition) is 2. The van der Waals surface area contributed by atoms with Crippen LogP contribution in [-0.4, -0.2) is 45.4 Å². The first-order chi connectivity index (χ1) is 14.4. The molecule has 0 bridgehead atoms. The number of pyridine rings is 2. The minimum atomic E-state index is -0.180. The minimum absolute atomic E-state index is 0.0101. The summed E-state index contributed by atoms with van der Waals surface area (Å²) >= 11 is 0. The van der Waals surface area contributed by atoms with Crippen LogP contribution in [0.2, 0.25) is 0 Å². The molecule has 1 unspecified atom stereocenters. The highest BCUT2D eigenvalue weighted by atomic mass is 16.5. The summed E-state index contributed by atoms with van der Waals surface area (Å²) in [7, 11) is 1.94. The van der Waals surface area contributed by atoms with Crippen LogP contribution in [0.25, 0.3) is 22.2 Å². The number of aliphatic hydroxyl groups is 1. The van der Waals surface area contributed by atoms with Crippen LogP contribution >= 0.6 is 0 Å². The van der Waals surface area contributed by atoms with Gasteiger partial charge in [0.2, 0.25) is 5.91 Å². The zero-order valence-corrected chi connectivity index (χ0v) is 17.0. The Kier molecular flexibility index (Phi) is 5.41. The molecule has 1 aliphatic rings. The fraction of sp³-hybridized carbons (Fsp3) is 0.318. The molecule has 30 heavy (non-hydrogen) atoms. The van der Waals surface area contributed by atoms with Crippen LogP contribution in [0.4, 0.5) is 5.82 Å². The third-order valence-electron chi connectivity index (χ3n) is 5.03. The van der Waals surface area contributed by atoms with E-state index in [1.165, 1.54) is 6.92 Å². The van der Waals surface area contributed by atoms with Crippen LogP contribution in [-0.2, 0) is 16.6 Å². The lowest BCUT2D eigenvalue weighted by molar-refractivity contribution is -0.114. The lowest BCUT2D eigenvalue weighted by Gasteiger charge is -2.13. The topological polar surface area (TPSA) is 98.5 Å². The molecular weight excluding hydrogens is 384 g/mol. The number of nitrogens with zero attached hydrogens (tertiary/aromatic N) is 3. The van der Waals surface area contributed by atoms with Gasteiger partial charge in [-0.3, -0.25) is 9.78 Å². The molecule has 8 nitrogen and oxygen atoms in total. The molecule has 1 fully saturated rings. The fourth-order valence-corrected chi connectivity index (χ4v) is 3.62.